The zero-order chi connectivity index (χ0) is 59.1. The van der Waals surface area contributed by atoms with Gasteiger partial charge in [-0.1, -0.05) is 256 Å². The van der Waals surface area contributed by atoms with E-state index in [9.17, 15) is 9.59 Å². The van der Waals surface area contributed by atoms with E-state index in [-0.39, 0.29) is 23.2 Å². The maximum atomic E-state index is 13.0. The minimum Gasteiger partial charge on any atom is -0.371 e. The number of carbonyl (C=O) groups excluding carboxylic acids is 2. The molecule has 1 heterocycles. The van der Waals surface area contributed by atoms with Gasteiger partial charge in [0, 0.05) is 24.8 Å². The highest BCUT2D eigenvalue weighted by Gasteiger charge is 2.27. The molecule has 5 aromatic rings. The van der Waals surface area contributed by atoms with E-state index < -0.39 is 5.97 Å². The van der Waals surface area contributed by atoms with Gasteiger partial charge in [0.2, 0.25) is 0 Å². The number of fused-ring (bicyclic) bond motifs is 1. The number of nitrogens with zero attached hydrogens (tertiary/aromatic N) is 3. The Morgan fingerprint density at radius 2 is 1.16 bits per heavy atom. The predicted octanol–water partition coefficient (Wildman–Crippen LogP) is 21.8. The van der Waals surface area contributed by atoms with Crippen LogP contribution in [0.1, 0.15) is 208 Å². The number of nitrogens with one attached hydrogen (secondary N) is 1. The van der Waals surface area contributed by atoms with Crippen molar-refractivity contribution in [1.82, 2.24) is 0 Å². The molecule has 85 heavy (non-hydrogen) atoms. The highest BCUT2D eigenvalue weighted by molar-refractivity contribution is 8.00. The quantitative estimate of drug-likeness (QED) is 0.0139. The van der Waals surface area contributed by atoms with Gasteiger partial charge in [-0.15, -0.1) is 23.5 Å². The van der Waals surface area contributed by atoms with Gasteiger partial charge in [0.1, 0.15) is 0 Å². The van der Waals surface area contributed by atoms with Crippen molar-refractivity contribution in [3.05, 3.63) is 192 Å². The fourth-order valence-corrected chi connectivity index (χ4v) is 13.4. The van der Waals surface area contributed by atoms with Crippen molar-refractivity contribution in [2.45, 2.75) is 206 Å². The molecule has 0 spiro atoms. The fourth-order valence-electron chi connectivity index (χ4n) is 10.9. The van der Waals surface area contributed by atoms with Crippen molar-refractivity contribution in [3.8, 4) is 0 Å². The SMILES string of the molecule is CCCCCCCCCCCC/C(=N\OC(=O)c1ccccc1)C1=CCC(Sc2ccc(C3Nc4ccc(SCC)cc4N=C3c3ccc(Sc4ccc(/C(CCCCCCCCCCCC)=N/OC(=O)C5C=CC=CC5)cc4)cc3)cc2)C=C1. The molecule has 0 aromatic heterocycles. The Labute approximate surface area is 521 Å². The summed E-state index contributed by atoms with van der Waals surface area (Å²) in [6.45, 7) is 6.72. The molecule has 1 aliphatic heterocycles. The van der Waals surface area contributed by atoms with Crippen molar-refractivity contribution < 1.29 is 19.3 Å². The molecule has 0 saturated heterocycles. The number of thioether (sulfide) groups is 2. The van der Waals surface area contributed by atoms with Gasteiger partial charge < -0.3 is 15.0 Å². The fraction of sp³-hybridized carbons (Fsp3) is 0.419. The first-order chi connectivity index (χ1) is 41.9. The lowest BCUT2D eigenvalue weighted by Gasteiger charge is -2.28. The number of oxime groups is 2. The van der Waals surface area contributed by atoms with Crippen LogP contribution in [0.25, 0.3) is 0 Å². The largest absolute Gasteiger partial charge is 0.371 e. The summed E-state index contributed by atoms with van der Waals surface area (Å²) >= 11 is 5.41. The number of rotatable bonds is 36. The van der Waals surface area contributed by atoms with Gasteiger partial charge in [0.15, 0.2) is 0 Å². The van der Waals surface area contributed by atoms with E-state index >= 15 is 0 Å². The second kappa shape index (κ2) is 36.8. The number of unbranched alkanes of at least 4 members (excludes halogenated alkanes) is 18. The summed E-state index contributed by atoms with van der Waals surface area (Å²) < 4.78 is 0. The molecule has 3 unspecified atom stereocenters. The Hall–Kier alpha value is -6.14. The molecule has 8 nitrogen and oxygen atoms in total. The molecule has 3 atom stereocenters. The molecule has 5 aromatic carbocycles. The topological polar surface area (TPSA) is 102 Å². The first-order valence-electron chi connectivity index (χ1n) is 32.0. The summed E-state index contributed by atoms with van der Waals surface area (Å²) in [6, 6.07) is 41.8. The lowest BCUT2D eigenvalue weighted by atomic mass is 9.94. The summed E-state index contributed by atoms with van der Waals surface area (Å²) in [6.07, 6.45) is 42.7. The van der Waals surface area contributed by atoms with Gasteiger partial charge in [-0.25, -0.2) is 14.6 Å². The number of anilines is 1. The van der Waals surface area contributed by atoms with Crippen molar-refractivity contribution in [3.63, 3.8) is 0 Å². The van der Waals surface area contributed by atoms with Crippen LogP contribution in [-0.4, -0.2) is 40.1 Å². The smallest absolute Gasteiger partial charge is 0.365 e. The average molecular weight is 1200 g/mol. The molecule has 11 heteroatoms. The molecule has 0 radical (unpaired) electrons. The van der Waals surface area contributed by atoms with E-state index in [0.29, 0.717) is 12.0 Å². The Morgan fingerprint density at radius 3 is 1.76 bits per heavy atom. The summed E-state index contributed by atoms with van der Waals surface area (Å²) in [5.74, 6) is -0.0565. The van der Waals surface area contributed by atoms with Crippen LogP contribution in [0.5, 0.6) is 0 Å². The lowest BCUT2D eigenvalue weighted by molar-refractivity contribution is -0.146. The van der Waals surface area contributed by atoms with Crippen LogP contribution < -0.4 is 5.32 Å². The van der Waals surface area contributed by atoms with E-state index in [1.807, 2.05) is 66.0 Å². The molecule has 1 N–H and O–H groups in total. The molecule has 0 fully saturated rings. The number of carbonyl (C=O) groups is 2. The first kappa shape index (κ1) is 64.8. The van der Waals surface area contributed by atoms with Crippen LogP contribution in [0, 0.1) is 5.92 Å². The first-order valence-corrected chi connectivity index (χ1v) is 34.7. The van der Waals surface area contributed by atoms with Crippen LogP contribution in [0.3, 0.4) is 0 Å². The molecule has 2 aliphatic carbocycles. The van der Waals surface area contributed by atoms with E-state index in [2.05, 4.69) is 146 Å². The van der Waals surface area contributed by atoms with Crippen molar-refractivity contribution >= 4 is 75.7 Å². The summed E-state index contributed by atoms with van der Waals surface area (Å²) in [5.41, 5.74) is 9.35. The number of hydrogen-bond donors (Lipinski definition) is 1. The van der Waals surface area contributed by atoms with Gasteiger partial charge in [-0.3, -0.25) is 0 Å². The van der Waals surface area contributed by atoms with Crippen LogP contribution in [0.2, 0.25) is 0 Å². The summed E-state index contributed by atoms with van der Waals surface area (Å²) in [5, 5.41) is 13.1. The second-order valence-electron chi connectivity index (χ2n) is 22.6. The zero-order valence-electron chi connectivity index (χ0n) is 50.7. The third-order valence-electron chi connectivity index (χ3n) is 15.9. The van der Waals surface area contributed by atoms with E-state index in [1.54, 1.807) is 23.9 Å². The zero-order valence-corrected chi connectivity index (χ0v) is 53.1. The van der Waals surface area contributed by atoms with Gasteiger partial charge in [-0.05, 0) is 133 Å². The molecule has 0 bridgehead atoms. The minimum atomic E-state index is -0.435. The maximum absolute atomic E-state index is 13.0. The highest BCUT2D eigenvalue weighted by atomic mass is 32.2. The standard InChI is InChI=1S/C74H90N4O4S3/c1-4-7-9-11-13-15-17-19-21-29-35-67(77-81-73(79)60-31-25-23-26-32-60)56-37-45-62(46-38-56)84-64-49-41-58(42-50-64)71-72(76-70-55-66(83-6-3)53-54-69(70)75-71)59-43-51-65(52-44-59)85-63-47-39-57(40-48-63)68(78-82-74(80)61-33-27-24-28-34-61)36-30-22-20-18-16-14-12-10-8-5-2/h23-28,31-33,37-45,47-55,61-62,71,75H,4-22,29-30,34-36,46H2,1-3H3/b77-67+,78-68+. The van der Waals surface area contributed by atoms with Gasteiger partial charge in [0.25, 0.3) is 0 Å². The lowest BCUT2D eigenvalue weighted by Crippen LogP contribution is -2.25. The molecular formula is C74H90N4O4S3. The van der Waals surface area contributed by atoms with E-state index in [1.165, 1.54) is 113 Å². The van der Waals surface area contributed by atoms with Crippen LogP contribution >= 0.6 is 35.3 Å². The van der Waals surface area contributed by atoms with Crippen LogP contribution in [-0.2, 0) is 14.5 Å². The van der Waals surface area contributed by atoms with Gasteiger partial charge in [-0.2, -0.15) is 0 Å². The normalized spacial score (nSPS) is 16.6. The number of hydrogen-bond acceptors (Lipinski definition) is 11. The average Bonchev–Trinajstić information content (AvgIpc) is 2.50. The molecule has 0 amide bonds. The van der Waals surface area contributed by atoms with Gasteiger partial charge in [0.05, 0.1) is 46.0 Å². The predicted molar refractivity (Wildman–Crippen MR) is 362 cm³/mol. The number of aliphatic imine (C=N–C) groups is 1. The summed E-state index contributed by atoms with van der Waals surface area (Å²) in [4.78, 5) is 47.2. The number of benzene rings is 5. The molecule has 8 rings (SSSR count). The minimum absolute atomic E-state index is 0.155. The van der Waals surface area contributed by atoms with E-state index in [0.717, 1.165) is 111 Å². The Balaban J connectivity index is 0.897. The van der Waals surface area contributed by atoms with Crippen molar-refractivity contribution in [2.75, 3.05) is 11.1 Å². The number of allylic oxidation sites excluding steroid dienone is 6. The Morgan fingerprint density at radius 1 is 0.576 bits per heavy atom. The van der Waals surface area contributed by atoms with E-state index in [4.69, 9.17) is 14.7 Å². The second-order valence-corrected chi connectivity index (χ2v) is 26.4. The van der Waals surface area contributed by atoms with Crippen LogP contribution in [0.4, 0.5) is 11.4 Å². The van der Waals surface area contributed by atoms with Crippen molar-refractivity contribution in [1.29, 1.82) is 0 Å². The third-order valence-corrected chi connectivity index (χ3v) is 19.0. The third kappa shape index (κ3) is 21.7. The maximum Gasteiger partial charge on any atom is 0.365 e. The molecule has 0 saturated carbocycles. The molecule has 448 valence electrons. The molecule has 3 aliphatic rings. The monoisotopic (exact) mass is 1190 g/mol. The molecular weight excluding hydrogens is 1110 g/mol. The Kier molecular flexibility index (Phi) is 28.0. The van der Waals surface area contributed by atoms with Crippen molar-refractivity contribution in [2.24, 2.45) is 21.2 Å². The summed E-state index contributed by atoms with van der Waals surface area (Å²) in [7, 11) is 0. The highest BCUT2D eigenvalue weighted by Crippen LogP contribution is 2.41. The van der Waals surface area contributed by atoms with Gasteiger partial charge >= 0.3 is 11.9 Å². The van der Waals surface area contributed by atoms with Crippen LogP contribution in [0.15, 0.2) is 204 Å². The Bertz CT molecular complexity index is 3070.